The fourth-order valence-corrected chi connectivity index (χ4v) is 3.88. The molecule has 128 valence electrons. The minimum Gasteiger partial charge on any atom is -0.369 e. The van der Waals surface area contributed by atoms with Crippen molar-refractivity contribution in [2.24, 2.45) is 5.92 Å². The van der Waals surface area contributed by atoms with Gasteiger partial charge in [0.05, 0.1) is 10.7 Å². The minimum absolute atomic E-state index is 0.113. The highest BCUT2D eigenvalue weighted by Crippen LogP contribution is 2.25. The number of carbonyl (C=O) groups excluding carboxylic acids is 1. The number of nitrogens with one attached hydrogen (secondary N) is 1. The smallest absolute Gasteiger partial charge is 0.270 e. The van der Waals surface area contributed by atoms with E-state index in [0.29, 0.717) is 23.8 Å². The lowest BCUT2D eigenvalue weighted by molar-refractivity contribution is 0.0944. The second kappa shape index (κ2) is 7.75. The van der Waals surface area contributed by atoms with Crippen LogP contribution in [0, 0.1) is 11.7 Å². The van der Waals surface area contributed by atoms with E-state index < -0.39 is 0 Å². The molecule has 4 nitrogen and oxygen atoms in total. The van der Waals surface area contributed by atoms with Gasteiger partial charge in [-0.05, 0) is 37.3 Å². The Morgan fingerprint density at radius 2 is 2.29 bits per heavy atom. The molecule has 1 aliphatic heterocycles. The summed E-state index contributed by atoms with van der Waals surface area (Å²) in [6.45, 7) is 4.28. The molecule has 1 aliphatic rings. The van der Waals surface area contributed by atoms with Crippen molar-refractivity contribution < 1.29 is 9.18 Å². The molecular formula is C18H22FN3OS. The minimum atomic E-state index is -0.187. The molecule has 1 N–H and O–H groups in total. The Morgan fingerprint density at radius 3 is 3.08 bits per heavy atom. The van der Waals surface area contributed by atoms with E-state index in [4.69, 9.17) is 0 Å². The van der Waals surface area contributed by atoms with Gasteiger partial charge in [-0.2, -0.15) is 0 Å². The lowest BCUT2D eigenvalue weighted by atomic mass is 10.1. The van der Waals surface area contributed by atoms with E-state index in [0.717, 1.165) is 37.4 Å². The molecule has 1 fully saturated rings. The van der Waals surface area contributed by atoms with Gasteiger partial charge < -0.3 is 10.2 Å². The van der Waals surface area contributed by atoms with Gasteiger partial charge in [-0.1, -0.05) is 19.1 Å². The van der Waals surface area contributed by atoms with Crippen LogP contribution in [0.4, 0.5) is 10.1 Å². The number of nitrogens with zero attached hydrogens (tertiary/aromatic N) is 2. The Labute approximate surface area is 145 Å². The predicted octanol–water partition coefficient (Wildman–Crippen LogP) is 3.49. The number of hydrogen-bond donors (Lipinski definition) is 1. The number of hydrogen-bond acceptors (Lipinski definition) is 4. The molecule has 0 spiro atoms. The third kappa shape index (κ3) is 3.93. The van der Waals surface area contributed by atoms with Gasteiger partial charge in [-0.25, -0.2) is 9.37 Å². The van der Waals surface area contributed by atoms with E-state index in [1.807, 2.05) is 16.3 Å². The molecule has 1 aromatic heterocycles. The van der Waals surface area contributed by atoms with Crippen LogP contribution >= 0.6 is 11.3 Å². The number of anilines is 1. The van der Waals surface area contributed by atoms with Crippen LogP contribution in [0.25, 0.3) is 0 Å². The molecule has 1 saturated heterocycles. The Kier molecular flexibility index (Phi) is 5.45. The van der Waals surface area contributed by atoms with Crippen molar-refractivity contribution >= 4 is 22.9 Å². The number of thiazole rings is 1. The fraction of sp³-hybridized carbons (Fsp3) is 0.444. The normalized spacial score (nSPS) is 17.2. The molecule has 1 unspecified atom stereocenters. The summed E-state index contributed by atoms with van der Waals surface area (Å²) in [5.74, 6) is 0.0355. The van der Waals surface area contributed by atoms with Crippen molar-refractivity contribution in [1.29, 1.82) is 0 Å². The monoisotopic (exact) mass is 347 g/mol. The molecule has 3 rings (SSSR count). The van der Waals surface area contributed by atoms with Crippen molar-refractivity contribution in [1.82, 2.24) is 10.3 Å². The molecular weight excluding hydrogens is 325 g/mol. The Balaban J connectivity index is 1.50. The summed E-state index contributed by atoms with van der Waals surface area (Å²) in [6, 6.07) is 6.85. The van der Waals surface area contributed by atoms with Crippen LogP contribution in [-0.2, 0) is 6.42 Å². The fourth-order valence-electron chi connectivity index (χ4n) is 3.00. The van der Waals surface area contributed by atoms with Crippen molar-refractivity contribution in [2.75, 3.05) is 24.5 Å². The second-order valence-corrected chi connectivity index (χ2v) is 7.08. The summed E-state index contributed by atoms with van der Waals surface area (Å²) in [4.78, 5) is 18.6. The van der Waals surface area contributed by atoms with Crippen LogP contribution in [0.1, 0.15) is 35.3 Å². The first kappa shape index (κ1) is 16.9. The zero-order valence-corrected chi connectivity index (χ0v) is 14.6. The lowest BCUT2D eigenvalue weighted by Gasteiger charge is -2.19. The average Bonchev–Trinajstić information content (AvgIpc) is 3.23. The Bertz CT molecular complexity index is 703. The first-order valence-corrected chi connectivity index (χ1v) is 9.27. The van der Waals surface area contributed by atoms with Crippen molar-refractivity contribution in [3.63, 3.8) is 0 Å². The molecule has 1 atom stereocenters. The molecule has 6 heteroatoms. The maximum Gasteiger partial charge on any atom is 0.270 e. The van der Waals surface area contributed by atoms with E-state index in [-0.39, 0.29) is 11.7 Å². The first-order valence-electron chi connectivity index (χ1n) is 8.39. The highest BCUT2D eigenvalue weighted by Gasteiger charge is 2.25. The third-order valence-electron chi connectivity index (χ3n) is 4.28. The number of benzene rings is 1. The molecule has 0 aliphatic carbocycles. The maximum absolute atomic E-state index is 13.9. The summed E-state index contributed by atoms with van der Waals surface area (Å²) in [6.07, 6.45) is 2.90. The van der Waals surface area contributed by atoms with Gasteiger partial charge in [0.15, 0.2) is 0 Å². The summed E-state index contributed by atoms with van der Waals surface area (Å²) in [5.41, 5.74) is 1.16. The second-order valence-electron chi connectivity index (χ2n) is 6.14. The van der Waals surface area contributed by atoms with Crippen LogP contribution in [0.5, 0.6) is 0 Å². The number of aryl methyl sites for hydroxylation is 1. The molecule has 1 amide bonds. The van der Waals surface area contributed by atoms with E-state index >= 15 is 0 Å². The highest BCUT2D eigenvalue weighted by atomic mass is 32.1. The van der Waals surface area contributed by atoms with E-state index in [1.54, 1.807) is 12.1 Å². The van der Waals surface area contributed by atoms with Gasteiger partial charge >= 0.3 is 0 Å². The number of amides is 1. The third-order valence-corrected chi connectivity index (χ3v) is 5.19. The molecule has 0 saturated carbocycles. The van der Waals surface area contributed by atoms with E-state index in [9.17, 15) is 9.18 Å². The van der Waals surface area contributed by atoms with Crippen molar-refractivity contribution in [3.05, 3.63) is 46.2 Å². The van der Waals surface area contributed by atoms with Crippen LogP contribution in [-0.4, -0.2) is 30.5 Å². The quantitative estimate of drug-likeness (QED) is 0.870. The van der Waals surface area contributed by atoms with Crippen LogP contribution in [0.2, 0.25) is 0 Å². The van der Waals surface area contributed by atoms with Gasteiger partial charge in [0.2, 0.25) is 0 Å². The molecule has 2 aromatic rings. The van der Waals surface area contributed by atoms with Crippen LogP contribution < -0.4 is 10.2 Å². The van der Waals surface area contributed by atoms with Gasteiger partial charge in [0.1, 0.15) is 11.5 Å². The van der Waals surface area contributed by atoms with Gasteiger partial charge in [0.25, 0.3) is 5.91 Å². The van der Waals surface area contributed by atoms with Crippen molar-refractivity contribution in [3.8, 4) is 0 Å². The molecule has 0 bridgehead atoms. The molecule has 1 aromatic carbocycles. The summed E-state index contributed by atoms with van der Waals surface area (Å²) >= 11 is 1.54. The number of carbonyl (C=O) groups is 1. The largest absolute Gasteiger partial charge is 0.369 e. The summed E-state index contributed by atoms with van der Waals surface area (Å²) in [5, 5.41) is 5.80. The topological polar surface area (TPSA) is 45.2 Å². The maximum atomic E-state index is 13.9. The van der Waals surface area contributed by atoms with E-state index in [2.05, 4.69) is 17.2 Å². The molecule has 0 radical (unpaired) electrons. The van der Waals surface area contributed by atoms with Gasteiger partial charge in [-0.15, -0.1) is 11.3 Å². The Hall–Kier alpha value is -1.95. The van der Waals surface area contributed by atoms with Crippen molar-refractivity contribution in [2.45, 2.75) is 26.2 Å². The standard InChI is InChI=1S/C18H22FN3OS/c1-2-5-17-21-15(12-24-17)18(23)20-10-13-8-9-22(11-13)16-7-4-3-6-14(16)19/h3-4,6-7,12-13H,2,5,8-11H2,1H3,(H,20,23). The van der Waals surface area contributed by atoms with Crippen LogP contribution in [0.15, 0.2) is 29.6 Å². The number of para-hydroxylation sites is 1. The highest BCUT2D eigenvalue weighted by molar-refractivity contribution is 7.09. The SMILES string of the molecule is CCCc1nc(C(=O)NCC2CCN(c3ccccc3F)C2)cs1. The summed E-state index contributed by atoms with van der Waals surface area (Å²) < 4.78 is 13.9. The zero-order valence-electron chi connectivity index (χ0n) is 13.8. The number of rotatable bonds is 6. The summed E-state index contributed by atoms with van der Waals surface area (Å²) in [7, 11) is 0. The average molecular weight is 347 g/mol. The van der Waals surface area contributed by atoms with E-state index in [1.165, 1.54) is 17.4 Å². The number of aromatic nitrogens is 1. The molecule has 2 heterocycles. The van der Waals surface area contributed by atoms with Crippen LogP contribution in [0.3, 0.4) is 0 Å². The number of halogens is 1. The predicted molar refractivity (Wildman–Crippen MR) is 95.2 cm³/mol. The van der Waals surface area contributed by atoms with Gasteiger partial charge in [-0.3, -0.25) is 4.79 Å². The lowest BCUT2D eigenvalue weighted by Crippen LogP contribution is -2.31. The zero-order chi connectivity index (χ0) is 16.9. The first-order chi connectivity index (χ1) is 11.7. The Morgan fingerprint density at radius 1 is 1.46 bits per heavy atom. The molecule has 24 heavy (non-hydrogen) atoms. The van der Waals surface area contributed by atoms with Gasteiger partial charge in [0, 0.05) is 25.0 Å².